The van der Waals surface area contributed by atoms with E-state index in [9.17, 15) is 9.90 Å². The number of rotatable bonds is 3. The first-order chi connectivity index (χ1) is 9.49. The number of anilines is 1. The Bertz CT molecular complexity index is 644. The average molecular weight is 335 g/mol. The number of carbonyl (C=O) groups is 1. The zero-order chi connectivity index (χ0) is 14.7. The van der Waals surface area contributed by atoms with Crippen molar-refractivity contribution in [1.29, 1.82) is 0 Å². The highest BCUT2D eigenvalue weighted by atomic mass is 79.9. The molecule has 0 aliphatic heterocycles. The number of hydrogen-bond acceptors (Lipinski definition) is 3. The van der Waals surface area contributed by atoms with Gasteiger partial charge in [0.05, 0.1) is 5.69 Å². The third-order valence-corrected chi connectivity index (χ3v) is 3.76. The molecule has 2 aromatic rings. The van der Waals surface area contributed by atoms with Gasteiger partial charge in [-0.15, -0.1) is 0 Å². The molecule has 0 saturated carbocycles. The van der Waals surface area contributed by atoms with E-state index < -0.39 is 0 Å². The Morgan fingerprint density at radius 1 is 1.30 bits per heavy atom. The summed E-state index contributed by atoms with van der Waals surface area (Å²) in [6, 6.07) is 12.2. The molecule has 0 aromatic heterocycles. The van der Waals surface area contributed by atoms with Gasteiger partial charge < -0.3 is 15.7 Å². The van der Waals surface area contributed by atoms with Crippen LogP contribution in [0.25, 0.3) is 0 Å². The van der Waals surface area contributed by atoms with Gasteiger partial charge in [0.1, 0.15) is 5.75 Å². The molecule has 0 unspecified atom stereocenters. The van der Waals surface area contributed by atoms with Crippen molar-refractivity contribution in [3.05, 3.63) is 58.1 Å². The smallest absolute Gasteiger partial charge is 0.254 e. The standard InChI is InChI=1S/C15H15BrN2O2/c1-18(9-11-4-2-3-5-12(11)16)15(20)10-6-7-13(17)14(19)8-10/h2-8,19H,9,17H2,1H3. The van der Waals surface area contributed by atoms with E-state index in [1.165, 1.54) is 12.1 Å². The maximum atomic E-state index is 12.3. The van der Waals surface area contributed by atoms with Gasteiger partial charge in [-0.1, -0.05) is 34.1 Å². The number of aromatic hydroxyl groups is 1. The lowest BCUT2D eigenvalue weighted by Gasteiger charge is -2.18. The second-order valence-corrected chi connectivity index (χ2v) is 5.38. The lowest BCUT2D eigenvalue weighted by atomic mass is 10.1. The molecule has 0 fully saturated rings. The number of halogens is 1. The van der Waals surface area contributed by atoms with Crippen LogP contribution < -0.4 is 5.73 Å². The number of hydrogen-bond donors (Lipinski definition) is 2. The van der Waals surface area contributed by atoms with Crippen LogP contribution in [0.2, 0.25) is 0 Å². The van der Waals surface area contributed by atoms with Crippen molar-refractivity contribution in [3.8, 4) is 5.75 Å². The minimum absolute atomic E-state index is 0.0786. The van der Waals surface area contributed by atoms with E-state index in [4.69, 9.17) is 5.73 Å². The highest BCUT2D eigenvalue weighted by Crippen LogP contribution is 2.22. The molecule has 0 aliphatic rings. The zero-order valence-corrected chi connectivity index (χ0v) is 12.6. The summed E-state index contributed by atoms with van der Waals surface area (Å²) in [5.41, 5.74) is 7.21. The van der Waals surface area contributed by atoms with E-state index in [1.54, 1.807) is 18.0 Å². The van der Waals surface area contributed by atoms with Crippen molar-refractivity contribution in [2.24, 2.45) is 0 Å². The summed E-state index contributed by atoms with van der Waals surface area (Å²) in [6.45, 7) is 0.478. The van der Waals surface area contributed by atoms with Crippen LogP contribution in [0.15, 0.2) is 46.9 Å². The summed E-state index contributed by atoms with van der Waals surface area (Å²) in [6.07, 6.45) is 0. The predicted molar refractivity (Wildman–Crippen MR) is 82.5 cm³/mol. The van der Waals surface area contributed by atoms with Gasteiger partial charge in [0, 0.05) is 23.6 Å². The molecule has 104 valence electrons. The second-order valence-electron chi connectivity index (χ2n) is 4.53. The zero-order valence-electron chi connectivity index (χ0n) is 11.0. The van der Waals surface area contributed by atoms with Crippen LogP contribution in [0, 0.1) is 0 Å². The molecule has 2 rings (SSSR count). The minimum Gasteiger partial charge on any atom is -0.506 e. The molecule has 5 heteroatoms. The Morgan fingerprint density at radius 3 is 2.65 bits per heavy atom. The van der Waals surface area contributed by atoms with E-state index in [0.717, 1.165) is 10.0 Å². The normalized spacial score (nSPS) is 10.3. The lowest BCUT2D eigenvalue weighted by Crippen LogP contribution is -2.26. The van der Waals surface area contributed by atoms with Gasteiger partial charge in [0.25, 0.3) is 5.91 Å². The van der Waals surface area contributed by atoms with Gasteiger partial charge in [-0.2, -0.15) is 0 Å². The van der Waals surface area contributed by atoms with E-state index in [0.29, 0.717) is 12.1 Å². The largest absolute Gasteiger partial charge is 0.506 e. The van der Waals surface area contributed by atoms with Crippen molar-refractivity contribution in [1.82, 2.24) is 4.90 Å². The number of nitrogens with zero attached hydrogens (tertiary/aromatic N) is 1. The van der Waals surface area contributed by atoms with Crippen LogP contribution in [0.5, 0.6) is 5.75 Å². The number of amides is 1. The van der Waals surface area contributed by atoms with Crippen molar-refractivity contribution in [3.63, 3.8) is 0 Å². The maximum absolute atomic E-state index is 12.3. The number of nitrogen functional groups attached to an aromatic ring is 1. The highest BCUT2D eigenvalue weighted by Gasteiger charge is 2.14. The highest BCUT2D eigenvalue weighted by molar-refractivity contribution is 9.10. The molecule has 20 heavy (non-hydrogen) atoms. The van der Waals surface area contributed by atoms with Crippen molar-refractivity contribution in [2.45, 2.75) is 6.54 Å². The Morgan fingerprint density at radius 2 is 2.00 bits per heavy atom. The van der Waals surface area contributed by atoms with Crippen LogP contribution in [-0.2, 0) is 6.54 Å². The molecule has 1 amide bonds. The van der Waals surface area contributed by atoms with Crippen LogP contribution in [-0.4, -0.2) is 23.0 Å². The fourth-order valence-electron chi connectivity index (χ4n) is 1.85. The first-order valence-corrected chi connectivity index (χ1v) is 6.85. The van der Waals surface area contributed by atoms with Crippen LogP contribution in [0.4, 0.5) is 5.69 Å². The fraction of sp³-hybridized carbons (Fsp3) is 0.133. The van der Waals surface area contributed by atoms with Gasteiger partial charge in [-0.3, -0.25) is 4.79 Å². The summed E-state index contributed by atoms with van der Waals surface area (Å²) in [7, 11) is 1.72. The average Bonchev–Trinajstić information content (AvgIpc) is 2.43. The van der Waals surface area contributed by atoms with E-state index >= 15 is 0 Å². The summed E-state index contributed by atoms with van der Waals surface area (Å²) in [5.74, 6) is -0.249. The third kappa shape index (κ3) is 3.11. The Balaban J connectivity index is 2.16. The molecule has 0 heterocycles. The molecule has 2 aromatic carbocycles. The summed E-state index contributed by atoms with van der Waals surface area (Å²) >= 11 is 3.46. The number of carbonyl (C=O) groups excluding carboxylic acids is 1. The van der Waals surface area contributed by atoms with Crippen molar-refractivity contribution < 1.29 is 9.90 Å². The molecule has 0 bridgehead atoms. The van der Waals surface area contributed by atoms with E-state index in [-0.39, 0.29) is 17.3 Å². The third-order valence-electron chi connectivity index (χ3n) is 2.99. The minimum atomic E-state index is -0.170. The van der Waals surface area contributed by atoms with Crippen LogP contribution in [0.1, 0.15) is 15.9 Å². The van der Waals surface area contributed by atoms with Crippen molar-refractivity contribution >= 4 is 27.5 Å². The molecular weight excluding hydrogens is 320 g/mol. The first kappa shape index (κ1) is 14.4. The number of phenols is 1. The quantitative estimate of drug-likeness (QED) is 0.669. The number of benzene rings is 2. The van der Waals surface area contributed by atoms with Gasteiger partial charge in [-0.05, 0) is 29.8 Å². The molecule has 0 radical (unpaired) electrons. The molecule has 0 atom stereocenters. The Labute approximate surface area is 126 Å². The first-order valence-electron chi connectivity index (χ1n) is 6.06. The number of phenolic OH excluding ortho intramolecular Hbond substituents is 1. The summed E-state index contributed by atoms with van der Waals surface area (Å²) in [5, 5.41) is 9.56. The monoisotopic (exact) mass is 334 g/mol. The maximum Gasteiger partial charge on any atom is 0.254 e. The van der Waals surface area contributed by atoms with Crippen molar-refractivity contribution in [2.75, 3.05) is 12.8 Å². The molecule has 0 spiro atoms. The van der Waals surface area contributed by atoms with Gasteiger partial charge in [0.2, 0.25) is 0 Å². The van der Waals surface area contributed by atoms with E-state index in [2.05, 4.69) is 15.9 Å². The lowest BCUT2D eigenvalue weighted by molar-refractivity contribution is 0.0784. The van der Waals surface area contributed by atoms with Crippen LogP contribution >= 0.6 is 15.9 Å². The van der Waals surface area contributed by atoms with Gasteiger partial charge in [-0.25, -0.2) is 0 Å². The SMILES string of the molecule is CN(Cc1ccccc1Br)C(=O)c1ccc(N)c(O)c1. The Hall–Kier alpha value is -2.01. The summed E-state index contributed by atoms with van der Waals surface area (Å²) in [4.78, 5) is 13.9. The Kier molecular flexibility index (Phi) is 4.29. The summed E-state index contributed by atoms with van der Waals surface area (Å²) < 4.78 is 0.958. The van der Waals surface area contributed by atoms with E-state index in [1.807, 2.05) is 24.3 Å². The molecule has 4 nitrogen and oxygen atoms in total. The van der Waals surface area contributed by atoms with Gasteiger partial charge >= 0.3 is 0 Å². The molecule has 0 aliphatic carbocycles. The molecule has 0 saturated heterocycles. The fourth-order valence-corrected chi connectivity index (χ4v) is 2.26. The van der Waals surface area contributed by atoms with Gasteiger partial charge in [0.15, 0.2) is 0 Å². The van der Waals surface area contributed by atoms with Crippen LogP contribution in [0.3, 0.4) is 0 Å². The topological polar surface area (TPSA) is 66.6 Å². The molecule has 3 N–H and O–H groups in total. The molecular formula is C15H15BrN2O2. The predicted octanol–water partition coefficient (Wildman–Crippen LogP) is 3.01. The second kappa shape index (κ2) is 5.96. The number of nitrogens with two attached hydrogens (primary N) is 1.